The van der Waals surface area contributed by atoms with E-state index in [-0.39, 0.29) is 5.92 Å². The highest BCUT2D eigenvalue weighted by atomic mass is 127. The first-order valence-corrected chi connectivity index (χ1v) is 7.95. The van der Waals surface area contributed by atoms with Gasteiger partial charge >= 0.3 is 5.97 Å². The summed E-state index contributed by atoms with van der Waals surface area (Å²) in [5.74, 6) is -0.265. The second kappa shape index (κ2) is 7.02. The Morgan fingerprint density at radius 2 is 2.00 bits per heavy atom. The molecule has 0 aliphatic heterocycles. The van der Waals surface area contributed by atoms with Crippen molar-refractivity contribution in [2.75, 3.05) is 6.61 Å². The normalized spacial score (nSPS) is 10.9. The first-order chi connectivity index (χ1) is 10.0. The lowest BCUT2D eigenvalue weighted by atomic mass is 10.1. The minimum Gasteiger partial charge on any atom is -0.461 e. The molecule has 0 radical (unpaired) electrons. The summed E-state index contributed by atoms with van der Waals surface area (Å²) in [5.41, 5.74) is 2.25. The molecule has 0 saturated carbocycles. The van der Waals surface area contributed by atoms with Gasteiger partial charge in [-0.15, -0.1) is 5.10 Å². The third-order valence-electron chi connectivity index (χ3n) is 3.03. The molecule has 112 valence electrons. The molecule has 1 aromatic carbocycles. The molecule has 5 nitrogen and oxygen atoms in total. The quantitative estimate of drug-likeness (QED) is 0.572. The lowest BCUT2D eigenvalue weighted by molar-refractivity contribution is 0.0517. The first-order valence-electron chi connectivity index (χ1n) is 6.87. The highest BCUT2D eigenvalue weighted by Crippen LogP contribution is 2.20. The molecule has 2 aromatic rings. The van der Waals surface area contributed by atoms with Gasteiger partial charge in [0, 0.05) is 3.57 Å². The van der Waals surface area contributed by atoms with Crippen molar-refractivity contribution in [2.45, 2.75) is 33.2 Å². The van der Waals surface area contributed by atoms with Crippen molar-refractivity contribution in [3.05, 3.63) is 44.8 Å². The number of halogens is 1. The summed E-state index contributed by atoms with van der Waals surface area (Å²) < 4.78 is 8.01. The molecule has 0 bridgehead atoms. The van der Waals surface area contributed by atoms with E-state index in [2.05, 4.69) is 45.0 Å². The van der Waals surface area contributed by atoms with Crippen molar-refractivity contribution >= 4 is 28.6 Å². The van der Waals surface area contributed by atoms with E-state index < -0.39 is 5.97 Å². The maximum Gasteiger partial charge on any atom is 0.360 e. The molecule has 0 N–H and O–H groups in total. The van der Waals surface area contributed by atoms with Crippen LogP contribution in [0.15, 0.2) is 24.3 Å². The SMILES string of the molecule is CCOC(=O)c1nnn(Cc2ccc(I)cc2)c1C(C)C. The first kappa shape index (κ1) is 15.9. The van der Waals surface area contributed by atoms with E-state index in [4.69, 9.17) is 4.74 Å². The van der Waals surface area contributed by atoms with Crippen LogP contribution >= 0.6 is 22.6 Å². The summed E-state index contributed by atoms with van der Waals surface area (Å²) in [4.78, 5) is 11.9. The van der Waals surface area contributed by atoms with E-state index in [1.807, 2.05) is 26.0 Å². The van der Waals surface area contributed by atoms with Gasteiger partial charge < -0.3 is 4.74 Å². The molecule has 0 aliphatic carbocycles. The zero-order valence-corrected chi connectivity index (χ0v) is 14.5. The predicted octanol–water partition coefficient (Wildman–Crippen LogP) is 3.23. The maximum atomic E-state index is 11.9. The number of aromatic nitrogens is 3. The summed E-state index contributed by atoms with van der Waals surface area (Å²) >= 11 is 2.27. The fourth-order valence-electron chi connectivity index (χ4n) is 2.12. The Hall–Kier alpha value is -1.44. The van der Waals surface area contributed by atoms with Crippen LogP contribution in [-0.4, -0.2) is 27.6 Å². The zero-order chi connectivity index (χ0) is 15.4. The Morgan fingerprint density at radius 1 is 1.33 bits per heavy atom. The topological polar surface area (TPSA) is 57.0 Å². The summed E-state index contributed by atoms with van der Waals surface area (Å²) in [6.07, 6.45) is 0. The molecule has 0 fully saturated rings. The minimum absolute atomic E-state index is 0.142. The Balaban J connectivity index is 2.31. The number of benzene rings is 1. The fourth-order valence-corrected chi connectivity index (χ4v) is 2.48. The number of hydrogen-bond donors (Lipinski definition) is 0. The Labute approximate surface area is 137 Å². The lowest BCUT2D eigenvalue weighted by Gasteiger charge is -2.11. The van der Waals surface area contributed by atoms with Gasteiger partial charge in [0.05, 0.1) is 18.8 Å². The number of esters is 1. The van der Waals surface area contributed by atoms with Crippen molar-refractivity contribution in [3.63, 3.8) is 0 Å². The van der Waals surface area contributed by atoms with E-state index in [1.165, 1.54) is 3.57 Å². The van der Waals surface area contributed by atoms with E-state index in [0.29, 0.717) is 18.8 Å². The summed E-state index contributed by atoms with van der Waals surface area (Å²) in [7, 11) is 0. The third-order valence-corrected chi connectivity index (χ3v) is 3.75. The number of nitrogens with zero attached hydrogens (tertiary/aromatic N) is 3. The van der Waals surface area contributed by atoms with Gasteiger partial charge in [-0.1, -0.05) is 31.2 Å². The number of ether oxygens (including phenoxy) is 1. The Morgan fingerprint density at radius 3 is 2.57 bits per heavy atom. The van der Waals surface area contributed by atoms with Gasteiger partial charge in [0.2, 0.25) is 0 Å². The van der Waals surface area contributed by atoms with Crippen LogP contribution in [0.25, 0.3) is 0 Å². The van der Waals surface area contributed by atoms with E-state index >= 15 is 0 Å². The average Bonchev–Trinajstić information content (AvgIpc) is 2.85. The van der Waals surface area contributed by atoms with Gasteiger partial charge in [0.15, 0.2) is 5.69 Å². The van der Waals surface area contributed by atoms with Crippen molar-refractivity contribution in [1.29, 1.82) is 0 Å². The van der Waals surface area contributed by atoms with Crippen LogP contribution < -0.4 is 0 Å². The second-order valence-electron chi connectivity index (χ2n) is 4.98. The van der Waals surface area contributed by atoms with Crippen molar-refractivity contribution in [1.82, 2.24) is 15.0 Å². The molecular formula is C15H18IN3O2. The lowest BCUT2D eigenvalue weighted by Crippen LogP contribution is -2.13. The van der Waals surface area contributed by atoms with Crippen LogP contribution in [0.3, 0.4) is 0 Å². The van der Waals surface area contributed by atoms with Crippen LogP contribution in [0.5, 0.6) is 0 Å². The van der Waals surface area contributed by atoms with Gasteiger partial charge in [-0.25, -0.2) is 9.48 Å². The Kier molecular flexibility index (Phi) is 5.33. The number of carbonyl (C=O) groups is 1. The van der Waals surface area contributed by atoms with E-state index in [0.717, 1.165) is 11.3 Å². The molecular weight excluding hydrogens is 381 g/mol. The van der Waals surface area contributed by atoms with Crippen LogP contribution in [0.2, 0.25) is 0 Å². The number of hydrogen-bond acceptors (Lipinski definition) is 4. The summed E-state index contributed by atoms with van der Waals surface area (Å²) in [5, 5.41) is 8.13. The van der Waals surface area contributed by atoms with Crippen molar-refractivity contribution < 1.29 is 9.53 Å². The van der Waals surface area contributed by atoms with Gasteiger partial charge in [-0.2, -0.15) is 0 Å². The van der Waals surface area contributed by atoms with E-state index in [1.54, 1.807) is 11.6 Å². The molecule has 0 amide bonds. The van der Waals surface area contributed by atoms with Crippen molar-refractivity contribution in [2.24, 2.45) is 0 Å². The molecule has 0 atom stereocenters. The number of carbonyl (C=O) groups excluding carboxylic acids is 1. The van der Waals surface area contributed by atoms with Gasteiger partial charge in [-0.3, -0.25) is 0 Å². The predicted molar refractivity (Wildman–Crippen MR) is 88.3 cm³/mol. The highest BCUT2D eigenvalue weighted by Gasteiger charge is 2.23. The molecule has 1 heterocycles. The maximum absolute atomic E-state index is 11.9. The Bertz CT molecular complexity index is 620. The van der Waals surface area contributed by atoms with Gasteiger partial charge in [0.25, 0.3) is 0 Å². The van der Waals surface area contributed by atoms with Crippen LogP contribution in [-0.2, 0) is 11.3 Å². The summed E-state index contributed by atoms with van der Waals surface area (Å²) in [6.45, 7) is 6.75. The van der Waals surface area contributed by atoms with Crippen LogP contribution in [0.4, 0.5) is 0 Å². The molecule has 0 saturated heterocycles. The largest absolute Gasteiger partial charge is 0.461 e. The van der Waals surface area contributed by atoms with Crippen LogP contribution in [0, 0.1) is 3.57 Å². The average molecular weight is 399 g/mol. The molecule has 1 aromatic heterocycles. The molecule has 2 rings (SSSR count). The standard InChI is InChI=1S/C15H18IN3O2/c1-4-21-15(20)13-14(10(2)3)19(18-17-13)9-11-5-7-12(16)8-6-11/h5-8,10H,4,9H2,1-3H3. The highest BCUT2D eigenvalue weighted by molar-refractivity contribution is 14.1. The molecule has 0 aliphatic rings. The smallest absolute Gasteiger partial charge is 0.360 e. The third kappa shape index (κ3) is 3.81. The fraction of sp³-hybridized carbons (Fsp3) is 0.400. The van der Waals surface area contributed by atoms with E-state index in [9.17, 15) is 4.79 Å². The second-order valence-corrected chi connectivity index (χ2v) is 6.23. The monoisotopic (exact) mass is 399 g/mol. The van der Waals surface area contributed by atoms with Gasteiger partial charge in [-0.05, 0) is 53.1 Å². The molecule has 21 heavy (non-hydrogen) atoms. The van der Waals surface area contributed by atoms with Crippen LogP contribution in [0.1, 0.15) is 48.4 Å². The molecule has 0 spiro atoms. The molecule has 0 unspecified atom stereocenters. The molecule has 6 heteroatoms. The summed E-state index contributed by atoms with van der Waals surface area (Å²) in [6, 6.07) is 8.21. The number of rotatable bonds is 5. The van der Waals surface area contributed by atoms with Gasteiger partial charge in [0.1, 0.15) is 0 Å². The minimum atomic E-state index is -0.407. The van der Waals surface area contributed by atoms with Crippen molar-refractivity contribution in [3.8, 4) is 0 Å². The zero-order valence-electron chi connectivity index (χ0n) is 12.3.